The number of carbonyl (C=O) groups is 1. The summed E-state index contributed by atoms with van der Waals surface area (Å²) < 4.78 is 40.0. The van der Waals surface area contributed by atoms with Gasteiger partial charge >= 0.3 is 0 Å². The fourth-order valence-corrected chi connectivity index (χ4v) is 2.10. The molecule has 0 aliphatic rings. The van der Waals surface area contributed by atoms with Crippen molar-refractivity contribution in [2.75, 3.05) is 5.32 Å². The van der Waals surface area contributed by atoms with E-state index in [2.05, 4.69) is 21.2 Å². The highest BCUT2D eigenvalue weighted by atomic mass is 79.9. The van der Waals surface area contributed by atoms with Crippen molar-refractivity contribution in [3.8, 4) is 0 Å². The summed E-state index contributed by atoms with van der Waals surface area (Å²) in [7, 11) is 0. The van der Waals surface area contributed by atoms with Crippen LogP contribution in [0.1, 0.15) is 5.56 Å². The number of amides is 1. The monoisotopic (exact) mass is 343 g/mol. The number of halogens is 4. The van der Waals surface area contributed by atoms with E-state index in [0.717, 1.165) is 12.1 Å². The zero-order valence-electron chi connectivity index (χ0n) is 10.1. The predicted octanol–water partition coefficient (Wildman–Crippen LogP) is 4.05. The summed E-state index contributed by atoms with van der Waals surface area (Å²) in [5.41, 5.74) is 0.0244. The standard InChI is InChI=1S/C14H9BrF3NO/c15-10-6-8(16)4-5-13(10)19-14(20)7-9-11(17)2-1-3-12(9)18/h1-6H,7H2,(H,19,20). The normalized spacial score (nSPS) is 10.4. The Morgan fingerprint density at radius 1 is 1.10 bits per heavy atom. The summed E-state index contributed by atoms with van der Waals surface area (Å²) in [5, 5.41) is 2.45. The Morgan fingerprint density at radius 2 is 1.75 bits per heavy atom. The lowest BCUT2D eigenvalue weighted by molar-refractivity contribution is -0.115. The van der Waals surface area contributed by atoms with Crippen molar-refractivity contribution in [1.29, 1.82) is 0 Å². The molecule has 6 heteroatoms. The van der Waals surface area contributed by atoms with Crippen LogP contribution in [0.4, 0.5) is 18.9 Å². The van der Waals surface area contributed by atoms with Gasteiger partial charge in [-0.05, 0) is 46.3 Å². The molecule has 0 aliphatic carbocycles. The number of benzene rings is 2. The Kier molecular flexibility index (Phi) is 4.44. The molecule has 0 bridgehead atoms. The number of nitrogens with one attached hydrogen (secondary N) is 1. The molecule has 0 saturated carbocycles. The molecule has 1 amide bonds. The Morgan fingerprint density at radius 3 is 2.35 bits per heavy atom. The Hall–Kier alpha value is -1.82. The molecule has 2 nitrogen and oxygen atoms in total. The van der Waals surface area contributed by atoms with Crippen LogP contribution in [0, 0.1) is 17.5 Å². The molecule has 0 heterocycles. The number of rotatable bonds is 3. The molecule has 0 spiro atoms. The summed E-state index contributed by atoms with van der Waals surface area (Å²) in [6, 6.07) is 7.10. The van der Waals surface area contributed by atoms with Gasteiger partial charge in [0.25, 0.3) is 0 Å². The quantitative estimate of drug-likeness (QED) is 0.894. The molecule has 0 unspecified atom stereocenters. The van der Waals surface area contributed by atoms with Crippen LogP contribution in [0.2, 0.25) is 0 Å². The second-order valence-electron chi connectivity index (χ2n) is 4.05. The van der Waals surface area contributed by atoms with Crippen LogP contribution >= 0.6 is 15.9 Å². The van der Waals surface area contributed by atoms with Crippen LogP contribution in [0.3, 0.4) is 0 Å². The zero-order chi connectivity index (χ0) is 14.7. The molecule has 20 heavy (non-hydrogen) atoms. The number of hydrogen-bond donors (Lipinski definition) is 1. The van der Waals surface area contributed by atoms with Gasteiger partial charge in [0.15, 0.2) is 0 Å². The third kappa shape index (κ3) is 3.39. The zero-order valence-corrected chi connectivity index (χ0v) is 11.7. The molecule has 0 atom stereocenters. The minimum absolute atomic E-state index is 0.303. The Balaban J connectivity index is 2.13. The van der Waals surface area contributed by atoms with Gasteiger partial charge in [0.1, 0.15) is 17.5 Å². The first-order valence-electron chi connectivity index (χ1n) is 5.65. The lowest BCUT2D eigenvalue weighted by Crippen LogP contribution is -2.16. The molecule has 2 rings (SSSR count). The highest BCUT2D eigenvalue weighted by Gasteiger charge is 2.14. The minimum atomic E-state index is -0.779. The van der Waals surface area contributed by atoms with Gasteiger partial charge in [-0.25, -0.2) is 13.2 Å². The van der Waals surface area contributed by atoms with E-state index < -0.39 is 29.8 Å². The first kappa shape index (κ1) is 14.6. The molecule has 0 aromatic heterocycles. The first-order valence-corrected chi connectivity index (χ1v) is 6.44. The summed E-state index contributed by atoms with van der Waals surface area (Å²) in [6.07, 6.45) is -0.442. The van der Waals surface area contributed by atoms with E-state index in [0.29, 0.717) is 10.2 Å². The summed E-state index contributed by atoms with van der Waals surface area (Å²) in [4.78, 5) is 11.8. The molecule has 0 saturated heterocycles. The van der Waals surface area contributed by atoms with E-state index in [9.17, 15) is 18.0 Å². The molecule has 2 aromatic carbocycles. The van der Waals surface area contributed by atoms with Gasteiger partial charge in [0.2, 0.25) is 5.91 Å². The topological polar surface area (TPSA) is 29.1 Å². The van der Waals surface area contributed by atoms with Gasteiger partial charge in [-0.15, -0.1) is 0 Å². The minimum Gasteiger partial charge on any atom is -0.325 e. The highest BCUT2D eigenvalue weighted by molar-refractivity contribution is 9.10. The Bertz CT molecular complexity index is 641. The average molecular weight is 344 g/mol. The van der Waals surface area contributed by atoms with Gasteiger partial charge < -0.3 is 5.32 Å². The van der Waals surface area contributed by atoms with Gasteiger partial charge in [-0.3, -0.25) is 4.79 Å². The van der Waals surface area contributed by atoms with Gasteiger partial charge in [0.05, 0.1) is 12.1 Å². The van der Waals surface area contributed by atoms with Crippen molar-refractivity contribution in [1.82, 2.24) is 0 Å². The largest absolute Gasteiger partial charge is 0.325 e. The van der Waals surface area contributed by atoms with Crippen molar-refractivity contribution < 1.29 is 18.0 Å². The molecular formula is C14H9BrF3NO. The van der Waals surface area contributed by atoms with E-state index in [4.69, 9.17) is 0 Å². The van der Waals surface area contributed by atoms with Crippen LogP contribution in [-0.4, -0.2) is 5.91 Å². The van der Waals surface area contributed by atoms with Crippen molar-refractivity contribution in [2.24, 2.45) is 0 Å². The van der Waals surface area contributed by atoms with E-state index in [1.807, 2.05) is 0 Å². The van der Waals surface area contributed by atoms with Gasteiger partial charge in [-0.2, -0.15) is 0 Å². The van der Waals surface area contributed by atoms with Crippen LogP contribution in [0.15, 0.2) is 40.9 Å². The van der Waals surface area contributed by atoms with Gasteiger partial charge in [0, 0.05) is 10.0 Å². The summed E-state index contributed by atoms with van der Waals surface area (Å²) in [5.74, 6) is -2.62. The maximum absolute atomic E-state index is 13.4. The summed E-state index contributed by atoms with van der Waals surface area (Å²) in [6.45, 7) is 0. The lowest BCUT2D eigenvalue weighted by atomic mass is 10.1. The van der Waals surface area contributed by atoms with Crippen molar-refractivity contribution in [3.63, 3.8) is 0 Å². The van der Waals surface area contributed by atoms with Crippen LogP contribution in [0.25, 0.3) is 0 Å². The first-order chi connectivity index (χ1) is 9.47. The molecule has 0 radical (unpaired) electrons. The van der Waals surface area contributed by atoms with Gasteiger partial charge in [-0.1, -0.05) is 6.07 Å². The number of carbonyl (C=O) groups excluding carboxylic acids is 1. The van der Waals surface area contributed by atoms with E-state index in [1.54, 1.807) is 0 Å². The average Bonchev–Trinajstić information content (AvgIpc) is 2.37. The predicted molar refractivity (Wildman–Crippen MR) is 72.8 cm³/mol. The Labute approximate surface area is 121 Å². The fraction of sp³-hybridized carbons (Fsp3) is 0.0714. The van der Waals surface area contributed by atoms with Crippen molar-refractivity contribution >= 4 is 27.5 Å². The molecule has 0 fully saturated rings. The molecule has 1 N–H and O–H groups in total. The third-order valence-corrected chi connectivity index (χ3v) is 3.26. The summed E-state index contributed by atoms with van der Waals surface area (Å²) >= 11 is 3.09. The highest BCUT2D eigenvalue weighted by Crippen LogP contribution is 2.23. The molecule has 0 aliphatic heterocycles. The number of anilines is 1. The molecule has 2 aromatic rings. The van der Waals surface area contributed by atoms with Crippen LogP contribution in [-0.2, 0) is 11.2 Å². The van der Waals surface area contributed by atoms with Crippen LogP contribution < -0.4 is 5.32 Å². The van der Waals surface area contributed by atoms with E-state index in [-0.39, 0.29) is 5.56 Å². The SMILES string of the molecule is O=C(Cc1c(F)cccc1F)Nc1ccc(F)cc1Br. The molecular weight excluding hydrogens is 335 g/mol. The van der Waals surface area contributed by atoms with Crippen LogP contribution in [0.5, 0.6) is 0 Å². The van der Waals surface area contributed by atoms with Crippen molar-refractivity contribution in [3.05, 3.63) is 63.9 Å². The van der Waals surface area contributed by atoms with E-state index in [1.165, 1.54) is 24.3 Å². The fourth-order valence-electron chi connectivity index (χ4n) is 1.65. The smallest absolute Gasteiger partial charge is 0.229 e. The molecule has 104 valence electrons. The maximum atomic E-state index is 13.4. The number of hydrogen-bond acceptors (Lipinski definition) is 1. The lowest BCUT2D eigenvalue weighted by Gasteiger charge is -2.08. The second kappa shape index (κ2) is 6.09. The third-order valence-electron chi connectivity index (χ3n) is 2.60. The maximum Gasteiger partial charge on any atom is 0.229 e. The van der Waals surface area contributed by atoms with Crippen molar-refractivity contribution in [2.45, 2.75) is 6.42 Å². The van der Waals surface area contributed by atoms with E-state index >= 15 is 0 Å². The second-order valence-corrected chi connectivity index (χ2v) is 4.90.